The maximum atomic E-state index is 10.8. The van der Waals surface area contributed by atoms with Gasteiger partial charge in [-0.05, 0) is 17.7 Å². The van der Waals surface area contributed by atoms with Crippen LogP contribution in [0.2, 0.25) is 10.0 Å². The van der Waals surface area contributed by atoms with Gasteiger partial charge >= 0.3 is 5.97 Å². The number of hydrogen-bond acceptors (Lipinski definition) is 6. The van der Waals surface area contributed by atoms with Crippen LogP contribution in [-0.4, -0.2) is 30.6 Å². The maximum Gasteiger partial charge on any atom is 0.305 e. The van der Waals surface area contributed by atoms with Gasteiger partial charge < -0.3 is 15.0 Å². The van der Waals surface area contributed by atoms with Gasteiger partial charge in [-0.2, -0.15) is 15.2 Å². The SMILES string of the molecule is N#Cc1nc(NCc2ccc(Cl)c(Cl)c2)c2ncn(CCC(=O)O)c2n1. The zero-order chi connectivity index (χ0) is 18.7. The van der Waals surface area contributed by atoms with E-state index >= 15 is 0 Å². The monoisotopic (exact) mass is 390 g/mol. The summed E-state index contributed by atoms with van der Waals surface area (Å²) in [6, 6.07) is 7.13. The van der Waals surface area contributed by atoms with Crippen LogP contribution in [-0.2, 0) is 17.9 Å². The number of nitriles is 1. The summed E-state index contributed by atoms with van der Waals surface area (Å²) in [4.78, 5) is 23.3. The normalized spacial score (nSPS) is 10.7. The summed E-state index contributed by atoms with van der Waals surface area (Å²) in [6.45, 7) is 0.579. The van der Waals surface area contributed by atoms with Crippen molar-refractivity contribution in [3.63, 3.8) is 0 Å². The highest BCUT2D eigenvalue weighted by Gasteiger charge is 2.14. The predicted molar refractivity (Wildman–Crippen MR) is 96.1 cm³/mol. The van der Waals surface area contributed by atoms with Crippen LogP contribution in [0.1, 0.15) is 17.8 Å². The standard InChI is InChI=1S/C16H12Cl2N6O2/c17-10-2-1-9(5-11(10)18)7-20-15-14-16(23-12(6-19)22-15)24(8-21-14)4-3-13(25)26/h1-2,5,8H,3-4,7H2,(H,25,26)(H,20,22,23). The molecule has 0 saturated carbocycles. The molecule has 0 fully saturated rings. The Kier molecular flexibility index (Phi) is 5.21. The van der Waals surface area contributed by atoms with Gasteiger partial charge in [0.1, 0.15) is 6.07 Å². The Hall–Kier alpha value is -2.89. The smallest absolute Gasteiger partial charge is 0.305 e. The molecule has 8 nitrogen and oxygen atoms in total. The average Bonchev–Trinajstić information content (AvgIpc) is 3.03. The second-order valence-electron chi connectivity index (χ2n) is 5.36. The molecule has 0 aliphatic heterocycles. The largest absolute Gasteiger partial charge is 0.481 e. The average molecular weight is 391 g/mol. The Morgan fingerprint density at radius 1 is 1.31 bits per heavy atom. The van der Waals surface area contributed by atoms with Gasteiger partial charge in [0.2, 0.25) is 5.82 Å². The van der Waals surface area contributed by atoms with Gasteiger partial charge in [-0.3, -0.25) is 4.79 Å². The first-order chi connectivity index (χ1) is 12.5. The molecule has 0 spiro atoms. The van der Waals surface area contributed by atoms with E-state index in [0.717, 1.165) is 5.56 Å². The Balaban J connectivity index is 1.90. The number of fused-ring (bicyclic) bond motifs is 1. The van der Waals surface area contributed by atoms with E-state index in [0.29, 0.717) is 33.6 Å². The van der Waals surface area contributed by atoms with Crippen LogP contribution >= 0.6 is 23.2 Å². The summed E-state index contributed by atoms with van der Waals surface area (Å²) in [6.07, 6.45) is 1.40. The van der Waals surface area contributed by atoms with Crippen molar-refractivity contribution in [1.82, 2.24) is 19.5 Å². The van der Waals surface area contributed by atoms with E-state index in [4.69, 9.17) is 33.6 Å². The number of halogens is 2. The summed E-state index contributed by atoms with van der Waals surface area (Å²) >= 11 is 11.9. The van der Waals surface area contributed by atoms with E-state index in [2.05, 4.69) is 20.3 Å². The van der Waals surface area contributed by atoms with Gasteiger partial charge in [0.15, 0.2) is 17.0 Å². The van der Waals surface area contributed by atoms with E-state index in [1.165, 1.54) is 6.33 Å². The molecule has 26 heavy (non-hydrogen) atoms. The number of aliphatic carboxylic acids is 1. The van der Waals surface area contributed by atoms with Crippen LogP contribution in [0.4, 0.5) is 5.82 Å². The van der Waals surface area contributed by atoms with Crippen LogP contribution < -0.4 is 5.32 Å². The number of carbonyl (C=O) groups is 1. The molecule has 0 saturated heterocycles. The van der Waals surface area contributed by atoms with Crippen LogP contribution in [0.25, 0.3) is 11.2 Å². The first-order valence-corrected chi connectivity index (χ1v) is 8.26. The van der Waals surface area contributed by atoms with Crippen molar-refractivity contribution < 1.29 is 9.90 Å². The van der Waals surface area contributed by atoms with Crippen LogP contribution in [0.5, 0.6) is 0 Å². The highest BCUT2D eigenvalue weighted by molar-refractivity contribution is 6.42. The third-order valence-corrected chi connectivity index (χ3v) is 4.31. The highest BCUT2D eigenvalue weighted by Crippen LogP contribution is 2.24. The van der Waals surface area contributed by atoms with Crippen LogP contribution in [0, 0.1) is 11.3 Å². The number of aryl methyl sites for hydroxylation is 1. The molecule has 2 heterocycles. The first-order valence-electron chi connectivity index (χ1n) is 7.50. The fourth-order valence-electron chi connectivity index (χ4n) is 2.33. The number of hydrogen-bond donors (Lipinski definition) is 2. The topological polar surface area (TPSA) is 117 Å². The minimum absolute atomic E-state index is 0.0359. The molecule has 0 aliphatic rings. The van der Waals surface area contributed by atoms with E-state index < -0.39 is 5.97 Å². The predicted octanol–water partition coefficient (Wildman–Crippen LogP) is 3.09. The molecular formula is C16H12Cl2N6O2. The molecule has 3 aromatic rings. The zero-order valence-electron chi connectivity index (χ0n) is 13.3. The quantitative estimate of drug-likeness (QED) is 0.663. The van der Waals surface area contributed by atoms with Gasteiger partial charge in [0, 0.05) is 13.1 Å². The second-order valence-corrected chi connectivity index (χ2v) is 6.18. The van der Waals surface area contributed by atoms with E-state index in [9.17, 15) is 4.79 Å². The van der Waals surface area contributed by atoms with Gasteiger partial charge in [0.25, 0.3) is 0 Å². The number of imidazole rings is 1. The van der Waals surface area contributed by atoms with Gasteiger partial charge in [-0.15, -0.1) is 0 Å². The zero-order valence-corrected chi connectivity index (χ0v) is 14.8. The molecule has 1 aromatic carbocycles. The summed E-state index contributed by atoms with van der Waals surface area (Å²) in [5, 5.41) is 22.0. The molecular weight excluding hydrogens is 379 g/mol. The van der Waals surface area contributed by atoms with Crippen molar-refractivity contribution >= 4 is 46.2 Å². The second kappa shape index (κ2) is 7.56. The Bertz CT molecular complexity index is 1030. The minimum Gasteiger partial charge on any atom is -0.481 e. The van der Waals surface area contributed by atoms with Crippen molar-refractivity contribution in [1.29, 1.82) is 5.26 Å². The summed E-state index contributed by atoms with van der Waals surface area (Å²) in [5.41, 5.74) is 1.72. The lowest BCUT2D eigenvalue weighted by Crippen LogP contribution is -2.07. The number of carboxylic acids is 1. The molecule has 10 heteroatoms. The molecule has 0 aliphatic carbocycles. The molecule has 0 unspecified atom stereocenters. The highest BCUT2D eigenvalue weighted by atomic mass is 35.5. The lowest BCUT2D eigenvalue weighted by atomic mass is 10.2. The van der Waals surface area contributed by atoms with E-state index in [1.807, 2.05) is 12.1 Å². The summed E-state index contributed by atoms with van der Waals surface area (Å²) in [5.74, 6) is -0.586. The van der Waals surface area contributed by atoms with Crippen molar-refractivity contribution in [3.05, 3.63) is 46.0 Å². The molecule has 0 amide bonds. The van der Waals surface area contributed by atoms with E-state index in [-0.39, 0.29) is 18.8 Å². The Labute approximate surface area is 158 Å². The number of benzene rings is 1. The van der Waals surface area contributed by atoms with Gasteiger partial charge in [0.05, 0.1) is 22.8 Å². The van der Waals surface area contributed by atoms with Gasteiger partial charge in [-0.1, -0.05) is 29.3 Å². The van der Waals surface area contributed by atoms with Gasteiger partial charge in [-0.25, -0.2) is 4.98 Å². The number of anilines is 1. The lowest BCUT2D eigenvalue weighted by Gasteiger charge is -2.08. The van der Waals surface area contributed by atoms with E-state index in [1.54, 1.807) is 16.7 Å². The number of nitrogens with zero attached hydrogens (tertiary/aromatic N) is 5. The van der Waals surface area contributed by atoms with Crippen molar-refractivity contribution in [2.24, 2.45) is 0 Å². The number of nitrogens with one attached hydrogen (secondary N) is 1. The number of aromatic nitrogens is 4. The lowest BCUT2D eigenvalue weighted by molar-refractivity contribution is -0.137. The fourth-order valence-corrected chi connectivity index (χ4v) is 2.65. The van der Waals surface area contributed by atoms with Crippen molar-refractivity contribution in [2.45, 2.75) is 19.5 Å². The van der Waals surface area contributed by atoms with Crippen molar-refractivity contribution in [2.75, 3.05) is 5.32 Å². The van der Waals surface area contributed by atoms with Crippen LogP contribution in [0.3, 0.4) is 0 Å². The summed E-state index contributed by atoms with van der Waals surface area (Å²) in [7, 11) is 0. The first kappa shape index (κ1) is 17.9. The molecule has 2 aromatic heterocycles. The number of rotatable bonds is 6. The molecule has 3 rings (SSSR count). The third kappa shape index (κ3) is 3.85. The molecule has 0 atom stereocenters. The minimum atomic E-state index is -0.931. The molecule has 0 bridgehead atoms. The maximum absolute atomic E-state index is 10.8. The molecule has 2 N–H and O–H groups in total. The Morgan fingerprint density at radius 3 is 2.81 bits per heavy atom. The molecule has 132 valence electrons. The number of carboxylic acid groups (broad SMARTS) is 1. The van der Waals surface area contributed by atoms with Crippen LogP contribution in [0.15, 0.2) is 24.5 Å². The third-order valence-electron chi connectivity index (χ3n) is 3.57. The van der Waals surface area contributed by atoms with Crippen molar-refractivity contribution in [3.8, 4) is 6.07 Å². The molecule has 0 radical (unpaired) electrons. The fraction of sp³-hybridized carbons (Fsp3) is 0.188. The Morgan fingerprint density at radius 2 is 2.12 bits per heavy atom. The summed E-state index contributed by atoms with van der Waals surface area (Å²) < 4.78 is 1.58.